The third-order valence-corrected chi connectivity index (χ3v) is 6.92. The van der Waals surface area contributed by atoms with Gasteiger partial charge in [0.1, 0.15) is 16.4 Å². The van der Waals surface area contributed by atoms with Crippen molar-refractivity contribution in [2.45, 2.75) is 48.7 Å². The lowest BCUT2D eigenvalue weighted by molar-refractivity contribution is 0.251. The smallest absolute Gasteiger partial charge is 0.246 e. The molecule has 2 heterocycles. The van der Waals surface area contributed by atoms with E-state index in [1.165, 1.54) is 24.6 Å². The van der Waals surface area contributed by atoms with Gasteiger partial charge in [0, 0.05) is 31.2 Å². The summed E-state index contributed by atoms with van der Waals surface area (Å²) < 4.78 is 38.1. The summed E-state index contributed by atoms with van der Waals surface area (Å²) in [5.74, 6) is 0.845. The Bertz CT molecular complexity index is 665. The largest absolute Gasteiger partial charge is 0.497 e. The van der Waals surface area contributed by atoms with Crippen LogP contribution in [0.5, 0.6) is 11.5 Å². The van der Waals surface area contributed by atoms with Crippen LogP contribution in [0.25, 0.3) is 0 Å². The number of fused-ring (bicyclic) bond motifs is 2. The van der Waals surface area contributed by atoms with Gasteiger partial charge >= 0.3 is 0 Å². The van der Waals surface area contributed by atoms with Crippen molar-refractivity contribution in [2.24, 2.45) is 0 Å². The van der Waals surface area contributed by atoms with E-state index in [0.29, 0.717) is 23.6 Å². The molecule has 1 aromatic carbocycles. The first kappa shape index (κ1) is 16.5. The fraction of sp³-hybridized carbons (Fsp3) is 0.625. The zero-order chi connectivity index (χ0) is 16.6. The highest BCUT2D eigenvalue weighted by Gasteiger charge is 2.39. The number of nitrogens with one attached hydrogen (secondary N) is 1. The number of rotatable bonds is 5. The lowest BCUT2D eigenvalue weighted by Crippen LogP contribution is -2.48. The van der Waals surface area contributed by atoms with Crippen molar-refractivity contribution in [3.63, 3.8) is 0 Å². The van der Waals surface area contributed by atoms with E-state index in [2.05, 4.69) is 5.32 Å². The second-order valence-electron chi connectivity index (χ2n) is 6.30. The van der Waals surface area contributed by atoms with Crippen LogP contribution in [0.15, 0.2) is 23.1 Å². The Morgan fingerprint density at radius 1 is 1.13 bits per heavy atom. The third kappa shape index (κ3) is 3.05. The quantitative estimate of drug-likeness (QED) is 0.882. The summed E-state index contributed by atoms with van der Waals surface area (Å²) in [6.07, 6.45) is 3.99. The predicted molar refractivity (Wildman–Crippen MR) is 87.5 cm³/mol. The van der Waals surface area contributed by atoms with Gasteiger partial charge < -0.3 is 14.8 Å². The Hall–Kier alpha value is -1.31. The SMILES string of the molecule is COc1ccc(OC)c(S(=O)(=O)N(C)C2CC3CCC(C2)N3)c1. The maximum atomic E-state index is 13.1. The Morgan fingerprint density at radius 3 is 2.35 bits per heavy atom. The van der Waals surface area contributed by atoms with E-state index < -0.39 is 10.0 Å². The number of ether oxygens (including phenoxy) is 2. The van der Waals surface area contributed by atoms with E-state index in [-0.39, 0.29) is 10.9 Å². The van der Waals surface area contributed by atoms with Crippen LogP contribution in [0.2, 0.25) is 0 Å². The van der Waals surface area contributed by atoms with E-state index >= 15 is 0 Å². The molecule has 0 radical (unpaired) electrons. The summed E-state index contributed by atoms with van der Waals surface area (Å²) in [7, 11) is 1.04. The Kier molecular flexibility index (Phi) is 4.53. The Balaban J connectivity index is 1.91. The van der Waals surface area contributed by atoms with E-state index in [1.807, 2.05) is 0 Å². The highest BCUT2D eigenvalue weighted by molar-refractivity contribution is 7.89. The monoisotopic (exact) mass is 340 g/mol. The van der Waals surface area contributed by atoms with Gasteiger partial charge in [0.05, 0.1) is 14.2 Å². The van der Waals surface area contributed by atoms with Crippen LogP contribution in [0.3, 0.4) is 0 Å². The molecule has 0 spiro atoms. The first-order valence-corrected chi connectivity index (χ1v) is 9.36. The first-order chi connectivity index (χ1) is 11.0. The molecule has 2 atom stereocenters. The fourth-order valence-electron chi connectivity index (χ4n) is 3.66. The molecule has 2 bridgehead atoms. The molecule has 2 fully saturated rings. The summed E-state index contributed by atoms with van der Waals surface area (Å²) in [5, 5.41) is 3.54. The minimum Gasteiger partial charge on any atom is -0.497 e. The van der Waals surface area contributed by atoms with Crippen molar-refractivity contribution in [1.82, 2.24) is 9.62 Å². The van der Waals surface area contributed by atoms with E-state index in [1.54, 1.807) is 19.2 Å². The summed E-state index contributed by atoms with van der Waals surface area (Å²) in [6.45, 7) is 0. The lowest BCUT2D eigenvalue weighted by Gasteiger charge is -2.35. The van der Waals surface area contributed by atoms with Crippen LogP contribution in [-0.2, 0) is 10.0 Å². The van der Waals surface area contributed by atoms with Crippen LogP contribution in [0.1, 0.15) is 25.7 Å². The standard InChI is InChI=1S/C16H24N2O4S/c1-18(13-8-11-4-5-12(9-13)17-11)23(19,20)16-10-14(21-2)6-7-15(16)22-3/h6-7,10-13,17H,4-5,8-9H2,1-3H3. The van der Waals surface area contributed by atoms with Crippen molar-refractivity contribution >= 4 is 10.0 Å². The van der Waals surface area contributed by atoms with Gasteiger partial charge in [-0.3, -0.25) is 0 Å². The Labute approximate surface area is 137 Å². The lowest BCUT2D eigenvalue weighted by atomic mass is 10.0. The van der Waals surface area contributed by atoms with Gasteiger partial charge in [-0.1, -0.05) is 0 Å². The first-order valence-electron chi connectivity index (χ1n) is 7.92. The molecule has 0 aliphatic carbocycles. The molecule has 7 heteroatoms. The van der Waals surface area contributed by atoms with Crippen molar-refractivity contribution in [1.29, 1.82) is 0 Å². The maximum Gasteiger partial charge on any atom is 0.246 e. The summed E-state index contributed by atoms with van der Waals surface area (Å²) in [6, 6.07) is 5.75. The molecule has 0 saturated carbocycles. The van der Waals surface area contributed by atoms with Crippen molar-refractivity contribution in [3.05, 3.63) is 18.2 Å². The number of sulfonamides is 1. The number of piperidine rings is 1. The topological polar surface area (TPSA) is 67.9 Å². The molecule has 1 N–H and O–H groups in total. The summed E-state index contributed by atoms with van der Waals surface area (Å²) >= 11 is 0. The van der Waals surface area contributed by atoms with Gasteiger partial charge in [0.15, 0.2) is 0 Å². The van der Waals surface area contributed by atoms with Crippen molar-refractivity contribution in [2.75, 3.05) is 21.3 Å². The fourth-order valence-corrected chi connectivity index (χ4v) is 5.21. The van der Waals surface area contributed by atoms with Crippen LogP contribution in [-0.4, -0.2) is 52.1 Å². The van der Waals surface area contributed by atoms with Gasteiger partial charge in [-0.15, -0.1) is 0 Å². The number of nitrogens with zero attached hydrogens (tertiary/aromatic N) is 1. The van der Waals surface area contributed by atoms with E-state index in [4.69, 9.17) is 9.47 Å². The van der Waals surface area contributed by atoms with Crippen LogP contribution < -0.4 is 14.8 Å². The summed E-state index contributed by atoms with van der Waals surface area (Å²) in [5.41, 5.74) is 0. The van der Waals surface area contributed by atoms with Crippen molar-refractivity contribution < 1.29 is 17.9 Å². The Morgan fingerprint density at radius 2 is 1.78 bits per heavy atom. The second-order valence-corrected chi connectivity index (χ2v) is 8.27. The molecule has 1 aromatic rings. The normalized spacial score (nSPS) is 27.2. The predicted octanol–water partition coefficient (Wildman–Crippen LogP) is 1.61. The highest BCUT2D eigenvalue weighted by atomic mass is 32.2. The number of hydrogen-bond acceptors (Lipinski definition) is 5. The molecule has 6 nitrogen and oxygen atoms in total. The van der Waals surface area contributed by atoms with Crippen LogP contribution in [0, 0.1) is 0 Å². The molecule has 2 aliphatic rings. The van der Waals surface area contributed by atoms with Gasteiger partial charge in [-0.2, -0.15) is 4.31 Å². The summed E-state index contributed by atoms with van der Waals surface area (Å²) in [4.78, 5) is 0.160. The number of methoxy groups -OCH3 is 2. The van der Waals surface area contributed by atoms with Gasteiger partial charge in [-0.25, -0.2) is 8.42 Å². The minimum atomic E-state index is -3.63. The van der Waals surface area contributed by atoms with E-state index in [0.717, 1.165) is 25.7 Å². The number of benzene rings is 1. The molecule has 2 saturated heterocycles. The van der Waals surface area contributed by atoms with Crippen molar-refractivity contribution in [3.8, 4) is 11.5 Å². The van der Waals surface area contributed by atoms with Crippen LogP contribution >= 0.6 is 0 Å². The zero-order valence-electron chi connectivity index (χ0n) is 13.8. The van der Waals surface area contributed by atoms with Gasteiger partial charge in [0.25, 0.3) is 0 Å². The molecule has 3 rings (SSSR count). The average Bonchev–Trinajstić information content (AvgIpc) is 2.91. The highest BCUT2D eigenvalue weighted by Crippen LogP contribution is 2.35. The molecule has 0 aromatic heterocycles. The molecule has 0 amide bonds. The zero-order valence-corrected chi connectivity index (χ0v) is 14.6. The molecular weight excluding hydrogens is 316 g/mol. The second kappa shape index (κ2) is 6.30. The molecule has 128 valence electrons. The molecule has 2 aliphatic heterocycles. The molecule has 2 unspecified atom stereocenters. The van der Waals surface area contributed by atoms with Gasteiger partial charge in [-0.05, 0) is 37.8 Å². The van der Waals surface area contributed by atoms with Crippen LogP contribution in [0.4, 0.5) is 0 Å². The maximum absolute atomic E-state index is 13.1. The van der Waals surface area contributed by atoms with E-state index in [9.17, 15) is 8.42 Å². The third-order valence-electron chi connectivity index (χ3n) is 4.99. The number of hydrogen-bond donors (Lipinski definition) is 1. The molecule has 23 heavy (non-hydrogen) atoms. The minimum absolute atomic E-state index is 0.0228. The van der Waals surface area contributed by atoms with Gasteiger partial charge in [0.2, 0.25) is 10.0 Å². The average molecular weight is 340 g/mol. The molecular formula is C16H24N2O4S.